The van der Waals surface area contributed by atoms with E-state index in [1.807, 2.05) is 30.3 Å². The Kier molecular flexibility index (Phi) is 10.2. The molecule has 0 unspecified atom stereocenters. The highest BCUT2D eigenvalue weighted by Crippen LogP contribution is 2.27. The molecule has 0 saturated carbocycles. The molecule has 218 valence electrons. The van der Waals surface area contributed by atoms with Crippen LogP contribution in [0.4, 0.5) is 5.69 Å². The van der Waals surface area contributed by atoms with E-state index in [0.717, 1.165) is 9.87 Å². The molecule has 0 fully saturated rings. The van der Waals surface area contributed by atoms with E-state index in [9.17, 15) is 18.0 Å². The number of nitrogens with zero attached hydrogens (tertiary/aromatic N) is 2. The van der Waals surface area contributed by atoms with Crippen LogP contribution in [0.1, 0.15) is 11.1 Å². The predicted octanol–water partition coefficient (Wildman–Crippen LogP) is 4.93. The second-order valence-corrected chi connectivity index (χ2v) is 11.7. The summed E-state index contributed by atoms with van der Waals surface area (Å²) in [4.78, 5) is 29.0. The average molecular weight is 606 g/mol. The molecule has 4 aromatic carbocycles. The highest BCUT2D eigenvalue weighted by Gasteiger charge is 2.34. The van der Waals surface area contributed by atoms with Crippen LogP contribution < -0.4 is 14.4 Å². The van der Waals surface area contributed by atoms with Crippen molar-refractivity contribution in [2.75, 3.05) is 25.0 Å². The third-order valence-corrected chi connectivity index (χ3v) is 8.94. The topological polar surface area (TPSA) is 96.0 Å². The lowest BCUT2D eigenvalue weighted by molar-refractivity contribution is -0.139. The van der Waals surface area contributed by atoms with Crippen LogP contribution in [0.2, 0.25) is 5.02 Å². The van der Waals surface area contributed by atoms with Crippen LogP contribution >= 0.6 is 11.6 Å². The van der Waals surface area contributed by atoms with Gasteiger partial charge in [-0.1, -0.05) is 78.3 Å². The van der Waals surface area contributed by atoms with Crippen molar-refractivity contribution < 1.29 is 22.7 Å². The molecule has 4 aromatic rings. The molecule has 1 atom stereocenters. The van der Waals surface area contributed by atoms with E-state index < -0.39 is 28.5 Å². The third-order valence-electron chi connectivity index (χ3n) is 6.79. The highest BCUT2D eigenvalue weighted by molar-refractivity contribution is 7.92. The van der Waals surface area contributed by atoms with E-state index in [4.69, 9.17) is 16.3 Å². The summed E-state index contributed by atoms with van der Waals surface area (Å²) in [6.45, 7) is -0.568. The lowest BCUT2D eigenvalue weighted by Crippen LogP contribution is -2.53. The maximum absolute atomic E-state index is 14.3. The van der Waals surface area contributed by atoms with Gasteiger partial charge in [-0.3, -0.25) is 13.9 Å². The normalized spacial score (nSPS) is 11.8. The molecule has 10 heteroatoms. The number of methoxy groups -OCH3 is 1. The van der Waals surface area contributed by atoms with Crippen LogP contribution in [0.15, 0.2) is 114 Å². The minimum absolute atomic E-state index is 0.00867. The minimum atomic E-state index is -4.18. The number of carbonyl (C=O) groups excluding carboxylic acids is 2. The predicted molar refractivity (Wildman–Crippen MR) is 164 cm³/mol. The summed E-state index contributed by atoms with van der Waals surface area (Å²) in [7, 11) is -1.16. The molecule has 0 aromatic heterocycles. The van der Waals surface area contributed by atoms with E-state index in [2.05, 4.69) is 5.32 Å². The SMILES string of the molecule is CNC(=O)[C@H](Cc1ccccc1)N(Cc1ccccc1Cl)C(=O)CN(c1ccc(OC)cc1)S(=O)(=O)c1ccccc1. The molecule has 0 aliphatic carbocycles. The van der Waals surface area contributed by atoms with Gasteiger partial charge in [0.1, 0.15) is 18.3 Å². The van der Waals surface area contributed by atoms with Gasteiger partial charge in [0.25, 0.3) is 10.0 Å². The summed E-state index contributed by atoms with van der Waals surface area (Å²) in [5, 5.41) is 3.09. The first-order chi connectivity index (χ1) is 20.2. The molecule has 0 heterocycles. The number of amides is 2. The number of anilines is 1. The van der Waals surface area contributed by atoms with Gasteiger partial charge in [-0.15, -0.1) is 0 Å². The summed E-state index contributed by atoms with van der Waals surface area (Å²) in [6, 6.07) is 29.7. The molecule has 8 nitrogen and oxygen atoms in total. The van der Waals surface area contributed by atoms with Crippen molar-refractivity contribution in [3.63, 3.8) is 0 Å². The average Bonchev–Trinajstić information content (AvgIpc) is 3.02. The van der Waals surface area contributed by atoms with Gasteiger partial charge in [-0.25, -0.2) is 8.42 Å². The number of carbonyl (C=O) groups is 2. The summed E-state index contributed by atoms with van der Waals surface area (Å²) in [5.41, 5.74) is 1.73. The number of rotatable bonds is 12. The summed E-state index contributed by atoms with van der Waals surface area (Å²) in [6.07, 6.45) is 0.213. The Labute approximate surface area is 251 Å². The van der Waals surface area contributed by atoms with E-state index in [-0.39, 0.29) is 29.5 Å². The Morgan fingerprint density at radius 1 is 0.857 bits per heavy atom. The first kappa shape index (κ1) is 30.6. The molecule has 42 heavy (non-hydrogen) atoms. The zero-order valence-corrected chi connectivity index (χ0v) is 24.9. The Hall–Kier alpha value is -4.34. The molecular weight excluding hydrogens is 574 g/mol. The van der Waals surface area contributed by atoms with Gasteiger partial charge < -0.3 is 15.0 Å². The molecule has 0 spiro atoms. The molecule has 0 saturated heterocycles. The summed E-state index contributed by atoms with van der Waals surface area (Å²) >= 11 is 6.48. The Bertz CT molecular complexity index is 1600. The number of nitrogens with one attached hydrogen (secondary N) is 1. The number of hydrogen-bond donors (Lipinski definition) is 1. The smallest absolute Gasteiger partial charge is 0.264 e. The molecule has 1 N–H and O–H groups in total. The van der Waals surface area contributed by atoms with Gasteiger partial charge in [-0.05, 0) is 53.6 Å². The minimum Gasteiger partial charge on any atom is -0.497 e. The van der Waals surface area contributed by atoms with Crippen LogP contribution in [0.25, 0.3) is 0 Å². The van der Waals surface area contributed by atoms with Crippen molar-refractivity contribution in [3.8, 4) is 5.75 Å². The van der Waals surface area contributed by atoms with Crippen LogP contribution in [-0.2, 0) is 32.6 Å². The van der Waals surface area contributed by atoms with E-state index in [1.165, 1.54) is 31.2 Å². The Morgan fingerprint density at radius 3 is 2.05 bits per heavy atom. The van der Waals surface area contributed by atoms with E-state index in [1.54, 1.807) is 66.7 Å². The zero-order chi connectivity index (χ0) is 30.1. The van der Waals surface area contributed by atoms with Crippen molar-refractivity contribution in [1.29, 1.82) is 0 Å². The number of ether oxygens (including phenoxy) is 1. The fourth-order valence-corrected chi connectivity index (χ4v) is 6.16. The van der Waals surface area contributed by atoms with Crippen molar-refractivity contribution in [2.24, 2.45) is 0 Å². The molecule has 0 radical (unpaired) electrons. The molecule has 0 aliphatic rings. The quantitative estimate of drug-likeness (QED) is 0.247. The van der Waals surface area contributed by atoms with Gasteiger partial charge in [0.15, 0.2) is 0 Å². The van der Waals surface area contributed by atoms with Crippen LogP contribution in [0.3, 0.4) is 0 Å². The lowest BCUT2D eigenvalue weighted by atomic mass is 10.0. The summed E-state index contributed by atoms with van der Waals surface area (Å²) in [5.74, 6) is -0.430. The summed E-state index contributed by atoms with van der Waals surface area (Å²) < 4.78 is 34.2. The Balaban J connectivity index is 1.79. The number of likely N-dealkylation sites (N-methyl/N-ethyl adjacent to an activating group) is 1. The fourth-order valence-electron chi connectivity index (χ4n) is 4.53. The van der Waals surface area contributed by atoms with Gasteiger partial charge in [0.05, 0.1) is 17.7 Å². The standard InChI is InChI=1S/C32H32ClN3O5S/c1-34-32(38)30(21-24-11-5-3-6-12-24)35(22-25-13-9-10-16-29(25)33)31(37)23-36(26-17-19-27(41-2)20-18-26)42(39,40)28-14-7-4-8-15-28/h3-20,30H,21-23H2,1-2H3,(H,34,38)/t30-/m0/s1. The number of halogens is 1. The molecule has 4 rings (SSSR count). The monoisotopic (exact) mass is 605 g/mol. The lowest BCUT2D eigenvalue weighted by Gasteiger charge is -2.33. The van der Waals surface area contributed by atoms with E-state index in [0.29, 0.717) is 16.3 Å². The van der Waals surface area contributed by atoms with Crippen molar-refractivity contribution in [1.82, 2.24) is 10.2 Å². The van der Waals surface area contributed by atoms with Gasteiger partial charge in [0, 0.05) is 25.0 Å². The van der Waals surface area contributed by atoms with Crippen LogP contribution in [-0.4, -0.2) is 51.9 Å². The van der Waals surface area contributed by atoms with Gasteiger partial charge in [0.2, 0.25) is 11.8 Å². The molecule has 0 aliphatic heterocycles. The van der Waals surface area contributed by atoms with Gasteiger partial charge in [-0.2, -0.15) is 0 Å². The van der Waals surface area contributed by atoms with Crippen molar-refractivity contribution in [2.45, 2.75) is 23.9 Å². The number of benzene rings is 4. The Morgan fingerprint density at radius 2 is 1.45 bits per heavy atom. The highest BCUT2D eigenvalue weighted by atomic mass is 35.5. The number of sulfonamides is 1. The maximum atomic E-state index is 14.3. The second kappa shape index (κ2) is 14.0. The van der Waals surface area contributed by atoms with Crippen molar-refractivity contribution >= 4 is 39.1 Å². The van der Waals surface area contributed by atoms with Crippen molar-refractivity contribution in [3.05, 3.63) is 125 Å². The first-order valence-electron chi connectivity index (χ1n) is 13.2. The zero-order valence-electron chi connectivity index (χ0n) is 23.3. The fraction of sp³-hybridized carbons (Fsp3) is 0.188. The first-order valence-corrected chi connectivity index (χ1v) is 15.1. The maximum Gasteiger partial charge on any atom is 0.264 e. The third kappa shape index (κ3) is 7.29. The second-order valence-electron chi connectivity index (χ2n) is 9.46. The van der Waals surface area contributed by atoms with Gasteiger partial charge >= 0.3 is 0 Å². The molecule has 0 bridgehead atoms. The van der Waals surface area contributed by atoms with E-state index >= 15 is 0 Å². The largest absolute Gasteiger partial charge is 0.497 e. The van der Waals surface area contributed by atoms with Crippen LogP contribution in [0.5, 0.6) is 5.75 Å². The molecule has 2 amide bonds. The molecular formula is C32H32ClN3O5S. The number of hydrogen-bond acceptors (Lipinski definition) is 5. The van der Waals surface area contributed by atoms with Crippen LogP contribution in [0, 0.1) is 0 Å².